The molecule has 1 amide bonds. The largest absolute Gasteiger partial charge is 0.496 e. The Morgan fingerprint density at radius 3 is 2.27 bits per heavy atom. The number of benzene rings is 3. The molecule has 37 heavy (non-hydrogen) atoms. The monoisotopic (exact) mass is 521 g/mol. The van der Waals surface area contributed by atoms with Gasteiger partial charge >= 0.3 is 0 Å². The quantitative estimate of drug-likeness (QED) is 0.461. The number of piperazine rings is 1. The van der Waals surface area contributed by atoms with Gasteiger partial charge < -0.3 is 14.5 Å². The number of carbonyl (C=O) groups is 1. The summed E-state index contributed by atoms with van der Waals surface area (Å²) in [5.41, 5.74) is 5.90. The van der Waals surface area contributed by atoms with Crippen molar-refractivity contribution in [1.29, 1.82) is 0 Å². The summed E-state index contributed by atoms with van der Waals surface area (Å²) < 4.78 is 33.0. The van der Waals surface area contributed by atoms with Crippen molar-refractivity contribution in [2.24, 2.45) is 0 Å². The van der Waals surface area contributed by atoms with Gasteiger partial charge in [-0.2, -0.15) is 4.31 Å². The van der Waals surface area contributed by atoms with Gasteiger partial charge in [-0.15, -0.1) is 0 Å². The molecular formula is C29H35N3O4S. The molecule has 0 unspecified atom stereocenters. The topological polar surface area (TPSA) is 70.2 Å². The highest BCUT2D eigenvalue weighted by Gasteiger charge is 2.26. The number of methoxy groups -OCH3 is 1. The van der Waals surface area contributed by atoms with E-state index in [1.807, 2.05) is 11.8 Å². The summed E-state index contributed by atoms with van der Waals surface area (Å²) in [6.07, 6.45) is 0. The highest BCUT2D eigenvalue weighted by molar-refractivity contribution is 7.89. The maximum Gasteiger partial charge on any atom is 0.253 e. The van der Waals surface area contributed by atoms with Crippen molar-refractivity contribution in [3.8, 4) is 5.75 Å². The number of hydrogen-bond donors (Lipinski definition) is 0. The van der Waals surface area contributed by atoms with Gasteiger partial charge in [-0.25, -0.2) is 8.42 Å². The number of aryl methyl sites for hydroxylation is 2. The van der Waals surface area contributed by atoms with Crippen molar-refractivity contribution < 1.29 is 17.9 Å². The zero-order valence-electron chi connectivity index (χ0n) is 22.2. The molecule has 7 nitrogen and oxygen atoms in total. The lowest BCUT2D eigenvalue weighted by molar-refractivity contribution is 0.0746. The minimum atomic E-state index is -3.69. The summed E-state index contributed by atoms with van der Waals surface area (Å²) in [6, 6.07) is 18.3. The summed E-state index contributed by atoms with van der Waals surface area (Å²) in [5, 5.41) is 0. The van der Waals surface area contributed by atoms with E-state index in [9.17, 15) is 13.2 Å². The first-order chi connectivity index (χ1) is 17.6. The van der Waals surface area contributed by atoms with Gasteiger partial charge in [0.15, 0.2) is 0 Å². The zero-order chi connectivity index (χ0) is 26.7. The fourth-order valence-electron chi connectivity index (χ4n) is 4.66. The van der Waals surface area contributed by atoms with Gasteiger partial charge in [0.05, 0.1) is 12.0 Å². The first-order valence-corrected chi connectivity index (χ1v) is 13.9. The van der Waals surface area contributed by atoms with Gasteiger partial charge in [-0.05, 0) is 68.3 Å². The molecule has 3 aromatic carbocycles. The molecule has 0 spiro atoms. The average Bonchev–Trinajstić information content (AvgIpc) is 2.90. The Hall–Kier alpha value is -3.36. The molecular weight excluding hydrogens is 486 g/mol. The van der Waals surface area contributed by atoms with E-state index in [1.165, 1.54) is 28.2 Å². The van der Waals surface area contributed by atoms with Gasteiger partial charge in [0, 0.05) is 56.6 Å². The summed E-state index contributed by atoms with van der Waals surface area (Å²) >= 11 is 0. The Kier molecular flexibility index (Phi) is 7.90. The third-order valence-corrected chi connectivity index (χ3v) is 8.95. The number of ether oxygens (including phenoxy) is 1. The van der Waals surface area contributed by atoms with Crippen LogP contribution in [0.25, 0.3) is 0 Å². The van der Waals surface area contributed by atoms with Gasteiger partial charge in [0.25, 0.3) is 5.91 Å². The molecule has 8 heteroatoms. The number of anilines is 1. The van der Waals surface area contributed by atoms with Crippen LogP contribution in [0.1, 0.15) is 32.6 Å². The number of rotatable bonds is 7. The Balaban J connectivity index is 1.49. The summed E-state index contributed by atoms with van der Waals surface area (Å²) in [6.45, 7) is 9.01. The van der Waals surface area contributed by atoms with Crippen molar-refractivity contribution in [2.45, 2.75) is 32.2 Å². The van der Waals surface area contributed by atoms with E-state index in [-0.39, 0.29) is 17.3 Å². The number of hydrogen-bond acceptors (Lipinski definition) is 5. The van der Waals surface area contributed by atoms with Gasteiger partial charge in [0.1, 0.15) is 5.75 Å². The van der Waals surface area contributed by atoms with Gasteiger partial charge in [-0.1, -0.05) is 29.8 Å². The minimum Gasteiger partial charge on any atom is -0.496 e. The molecule has 1 aliphatic rings. The number of carbonyl (C=O) groups excluding carboxylic acids is 1. The Labute approximate surface area is 220 Å². The third kappa shape index (κ3) is 5.65. The van der Waals surface area contributed by atoms with Gasteiger partial charge in [-0.3, -0.25) is 4.79 Å². The lowest BCUT2D eigenvalue weighted by Gasteiger charge is -2.37. The molecule has 3 aromatic rings. The highest BCUT2D eigenvalue weighted by Crippen LogP contribution is 2.27. The predicted molar refractivity (Wildman–Crippen MR) is 147 cm³/mol. The molecule has 0 bridgehead atoms. The number of amides is 1. The van der Waals surface area contributed by atoms with Crippen molar-refractivity contribution in [2.75, 3.05) is 45.2 Å². The van der Waals surface area contributed by atoms with E-state index < -0.39 is 10.0 Å². The molecule has 4 rings (SSSR count). The summed E-state index contributed by atoms with van der Waals surface area (Å²) in [7, 11) is -0.614. The van der Waals surface area contributed by atoms with E-state index in [4.69, 9.17) is 4.74 Å². The van der Waals surface area contributed by atoms with Crippen molar-refractivity contribution in [3.05, 3.63) is 88.5 Å². The predicted octanol–water partition coefficient (Wildman–Crippen LogP) is 4.40. The van der Waals surface area contributed by atoms with Crippen LogP contribution in [0, 0.1) is 20.8 Å². The van der Waals surface area contributed by atoms with Crippen LogP contribution in [0.15, 0.2) is 65.6 Å². The van der Waals surface area contributed by atoms with Crippen LogP contribution < -0.4 is 9.64 Å². The van der Waals surface area contributed by atoms with Crippen LogP contribution in [0.3, 0.4) is 0 Å². The SMILES string of the molecule is COc1ccc(C(=O)N2CCN(c3cccc(C)c3C)CC2)cc1CN(C)S(=O)(=O)c1ccc(C)cc1. The molecule has 1 heterocycles. The summed E-state index contributed by atoms with van der Waals surface area (Å²) in [4.78, 5) is 17.8. The minimum absolute atomic E-state index is 0.0615. The van der Waals surface area contributed by atoms with Gasteiger partial charge in [0.2, 0.25) is 10.0 Å². The lowest BCUT2D eigenvalue weighted by Crippen LogP contribution is -2.49. The fourth-order valence-corrected chi connectivity index (χ4v) is 5.81. The first-order valence-electron chi connectivity index (χ1n) is 12.4. The Bertz CT molecular complexity index is 1380. The van der Waals surface area contributed by atoms with Crippen LogP contribution in [0.5, 0.6) is 5.75 Å². The zero-order valence-corrected chi connectivity index (χ0v) is 23.0. The maximum atomic E-state index is 13.4. The number of sulfonamides is 1. The molecule has 1 aliphatic heterocycles. The molecule has 0 saturated carbocycles. The van der Waals surface area contributed by atoms with Crippen LogP contribution in [-0.2, 0) is 16.6 Å². The third-order valence-electron chi connectivity index (χ3n) is 7.13. The lowest BCUT2D eigenvalue weighted by atomic mass is 10.1. The van der Waals surface area contributed by atoms with E-state index in [1.54, 1.807) is 49.6 Å². The number of nitrogens with zero attached hydrogens (tertiary/aromatic N) is 3. The molecule has 0 aliphatic carbocycles. The first kappa shape index (κ1) is 26.7. The smallest absolute Gasteiger partial charge is 0.253 e. The Morgan fingerprint density at radius 1 is 0.946 bits per heavy atom. The standard InChI is InChI=1S/C29H35N3O4S/c1-21-9-12-26(13-10-21)37(34,35)30(4)20-25-19-24(11-14-28(25)36-5)29(33)32-17-15-31(16-18-32)27-8-6-7-22(2)23(27)3/h6-14,19H,15-18,20H2,1-5H3. The fraction of sp³-hybridized carbons (Fsp3) is 0.345. The van der Waals surface area contributed by atoms with Crippen LogP contribution in [-0.4, -0.2) is 63.9 Å². The van der Waals surface area contributed by atoms with Crippen molar-refractivity contribution in [1.82, 2.24) is 9.21 Å². The van der Waals surface area contributed by atoms with Crippen molar-refractivity contribution >= 4 is 21.6 Å². The molecule has 196 valence electrons. The van der Waals surface area contributed by atoms with Crippen LogP contribution >= 0.6 is 0 Å². The van der Waals surface area contributed by atoms with Crippen LogP contribution in [0.4, 0.5) is 5.69 Å². The van der Waals surface area contributed by atoms with E-state index in [0.717, 1.165) is 18.7 Å². The van der Waals surface area contributed by atoms with E-state index in [0.29, 0.717) is 30.0 Å². The summed E-state index contributed by atoms with van der Waals surface area (Å²) in [5.74, 6) is 0.482. The maximum absolute atomic E-state index is 13.4. The molecule has 1 saturated heterocycles. The highest BCUT2D eigenvalue weighted by atomic mass is 32.2. The van der Waals surface area contributed by atoms with E-state index >= 15 is 0 Å². The molecule has 0 atom stereocenters. The normalized spacial score (nSPS) is 14.2. The van der Waals surface area contributed by atoms with E-state index in [2.05, 4.69) is 36.9 Å². The second kappa shape index (κ2) is 10.9. The second-order valence-corrected chi connectivity index (χ2v) is 11.6. The Morgan fingerprint density at radius 2 is 1.62 bits per heavy atom. The van der Waals surface area contributed by atoms with Crippen molar-refractivity contribution in [3.63, 3.8) is 0 Å². The second-order valence-electron chi connectivity index (χ2n) is 9.60. The van der Waals surface area contributed by atoms with Crippen LogP contribution in [0.2, 0.25) is 0 Å². The molecule has 0 N–H and O–H groups in total. The average molecular weight is 522 g/mol. The molecule has 1 fully saturated rings. The molecule has 0 aromatic heterocycles. The molecule has 0 radical (unpaired) electrons.